The van der Waals surface area contributed by atoms with Gasteiger partial charge in [-0.3, -0.25) is 9.69 Å². The quantitative estimate of drug-likeness (QED) is 0.654. The predicted molar refractivity (Wildman–Crippen MR) is 120 cm³/mol. The minimum absolute atomic E-state index is 0.0403. The van der Waals surface area contributed by atoms with Crippen molar-refractivity contribution in [2.24, 2.45) is 5.92 Å². The maximum absolute atomic E-state index is 13.6. The molecule has 30 heavy (non-hydrogen) atoms. The van der Waals surface area contributed by atoms with Crippen molar-refractivity contribution < 1.29 is 9.53 Å². The number of nitrogens with one attached hydrogen (secondary N) is 1. The van der Waals surface area contributed by atoms with Gasteiger partial charge in [-0.2, -0.15) is 4.98 Å². The molecule has 0 saturated carbocycles. The Kier molecular flexibility index (Phi) is 6.23. The van der Waals surface area contributed by atoms with Crippen LogP contribution in [0.15, 0.2) is 54.7 Å². The molecule has 0 spiro atoms. The zero-order valence-electron chi connectivity index (χ0n) is 17.5. The molecule has 0 atom stereocenters. The van der Waals surface area contributed by atoms with Gasteiger partial charge in [0.1, 0.15) is 5.82 Å². The van der Waals surface area contributed by atoms with Crippen LogP contribution in [0.4, 0.5) is 11.8 Å². The fourth-order valence-corrected chi connectivity index (χ4v) is 3.77. The summed E-state index contributed by atoms with van der Waals surface area (Å²) in [6, 6.07) is 16.0. The summed E-state index contributed by atoms with van der Waals surface area (Å²) in [7, 11) is 0. The lowest BCUT2D eigenvalue weighted by atomic mass is 9.99. The third-order valence-electron chi connectivity index (χ3n) is 5.36. The highest BCUT2D eigenvalue weighted by molar-refractivity contribution is 6.07. The summed E-state index contributed by atoms with van der Waals surface area (Å²) in [5.41, 5.74) is 0.665. The van der Waals surface area contributed by atoms with E-state index in [0.717, 1.165) is 36.8 Å². The van der Waals surface area contributed by atoms with E-state index < -0.39 is 0 Å². The molecule has 1 amide bonds. The predicted octanol–water partition coefficient (Wildman–Crippen LogP) is 4.52. The number of ether oxygens (including phenoxy) is 1. The smallest absolute Gasteiger partial charge is 0.259 e. The first-order valence-electron chi connectivity index (χ1n) is 10.6. The van der Waals surface area contributed by atoms with Gasteiger partial charge in [0.2, 0.25) is 5.95 Å². The summed E-state index contributed by atoms with van der Waals surface area (Å²) < 4.78 is 5.50. The van der Waals surface area contributed by atoms with E-state index in [1.54, 1.807) is 11.1 Å². The van der Waals surface area contributed by atoms with Gasteiger partial charge in [-0.25, -0.2) is 4.98 Å². The zero-order valence-corrected chi connectivity index (χ0v) is 17.5. The lowest BCUT2D eigenvalue weighted by Gasteiger charge is -2.29. The highest BCUT2D eigenvalue weighted by atomic mass is 16.5. The highest BCUT2D eigenvalue weighted by Gasteiger charge is 2.25. The monoisotopic (exact) mass is 404 g/mol. The lowest BCUT2D eigenvalue weighted by molar-refractivity contribution is 0.0668. The summed E-state index contributed by atoms with van der Waals surface area (Å²) in [5, 5.41) is 5.40. The Labute approximate surface area is 177 Å². The minimum atomic E-state index is -0.0403. The molecule has 156 valence electrons. The third kappa shape index (κ3) is 4.76. The van der Waals surface area contributed by atoms with Crippen LogP contribution < -0.4 is 10.2 Å². The molecule has 0 radical (unpaired) electrons. The van der Waals surface area contributed by atoms with Crippen LogP contribution in [-0.2, 0) is 4.74 Å². The molecule has 6 heteroatoms. The number of aromatic nitrogens is 2. The third-order valence-corrected chi connectivity index (χ3v) is 5.36. The number of hydrogen-bond acceptors (Lipinski definition) is 5. The number of anilines is 2. The van der Waals surface area contributed by atoms with Crippen molar-refractivity contribution in [2.45, 2.75) is 32.7 Å². The SMILES string of the molecule is CC(C)Nc1nccc(N(CC2CCOCC2)C(=O)c2ccc3ccccc3c2)n1. The van der Waals surface area contributed by atoms with Crippen molar-refractivity contribution in [1.82, 2.24) is 9.97 Å². The molecule has 2 heterocycles. The molecule has 1 saturated heterocycles. The molecule has 0 unspecified atom stereocenters. The number of rotatable bonds is 6. The molecule has 1 fully saturated rings. The first-order valence-corrected chi connectivity index (χ1v) is 10.6. The molecule has 2 aromatic carbocycles. The Balaban J connectivity index is 1.67. The van der Waals surface area contributed by atoms with Crippen molar-refractivity contribution in [3.63, 3.8) is 0 Å². The number of carbonyl (C=O) groups is 1. The van der Waals surface area contributed by atoms with Crippen LogP contribution >= 0.6 is 0 Å². The second kappa shape index (κ2) is 9.22. The van der Waals surface area contributed by atoms with E-state index in [2.05, 4.69) is 21.4 Å². The fourth-order valence-electron chi connectivity index (χ4n) is 3.77. The van der Waals surface area contributed by atoms with E-state index in [1.165, 1.54) is 0 Å². The maximum Gasteiger partial charge on any atom is 0.259 e. The van der Waals surface area contributed by atoms with Crippen LogP contribution in [0.2, 0.25) is 0 Å². The summed E-state index contributed by atoms with van der Waals surface area (Å²) in [4.78, 5) is 24.3. The topological polar surface area (TPSA) is 67.3 Å². The standard InChI is InChI=1S/C24H28N4O2/c1-17(2)26-24-25-12-9-22(27-24)28(16-18-10-13-30-14-11-18)23(29)21-8-7-19-5-3-4-6-20(19)15-21/h3-9,12,15,17-18H,10-11,13-14,16H2,1-2H3,(H,25,26,27). The van der Waals surface area contributed by atoms with Crippen molar-refractivity contribution in [1.29, 1.82) is 0 Å². The van der Waals surface area contributed by atoms with Crippen molar-refractivity contribution >= 4 is 28.4 Å². The van der Waals surface area contributed by atoms with E-state index in [1.807, 2.05) is 56.3 Å². The largest absolute Gasteiger partial charge is 0.381 e. The first kappa shape index (κ1) is 20.3. The van der Waals surface area contributed by atoms with Gasteiger partial charge in [0, 0.05) is 37.6 Å². The minimum Gasteiger partial charge on any atom is -0.381 e. The number of nitrogens with zero attached hydrogens (tertiary/aromatic N) is 3. The highest BCUT2D eigenvalue weighted by Crippen LogP contribution is 2.24. The van der Waals surface area contributed by atoms with Crippen molar-refractivity contribution in [3.8, 4) is 0 Å². The molecule has 1 N–H and O–H groups in total. The van der Waals surface area contributed by atoms with Gasteiger partial charge >= 0.3 is 0 Å². The van der Waals surface area contributed by atoms with E-state index in [-0.39, 0.29) is 11.9 Å². The average molecular weight is 405 g/mol. The second-order valence-electron chi connectivity index (χ2n) is 8.07. The summed E-state index contributed by atoms with van der Waals surface area (Å²) in [6.07, 6.45) is 3.60. The van der Waals surface area contributed by atoms with Crippen LogP contribution in [0.25, 0.3) is 10.8 Å². The van der Waals surface area contributed by atoms with Crippen LogP contribution in [0.3, 0.4) is 0 Å². The number of hydrogen-bond donors (Lipinski definition) is 1. The van der Waals surface area contributed by atoms with Gasteiger partial charge in [0.15, 0.2) is 0 Å². The van der Waals surface area contributed by atoms with Gasteiger partial charge in [0.05, 0.1) is 0 Å². The molecular formula is C24H28N4O2. The number of fused-ring (bicyclic) bond motifs is 1. The van der Waals surface area contributed by atoms with E-state index >= 15 is 0 Å². The Morgan fingerprint density at radius 1 is 1.13 bits per heavy atom. The Bertz CT molecular complexity index is 1010. The van der Waals surface area contributed by atoms with E-state index in [9.17, 15) is 4.79 Å². The lowest BCUT2D eigenvalue weighted by Crippen LogP contribution is -2.38. The van der Waals surface area contributed by atoms with E-state index in [4.69, 9.17) is 4.74 Å². The molecule has 0 bridgehead atoms. The summed E-state index contributed by atoms with van der Waals surface area (Å²) in [5.74, 6) is 1.50. The molecule has 6 nitrogen and oxygen atoms in total. The molecule has 1 aromatic heterocycles. The summed E-state index contributed by atoms with van der Waals surface area (Å²) >= 11 is 0. The molecular weight excluding hydrogens is 376 g/mol. The molecule has 1 aliphatic rings. The van der Waals surface area contributed by atoms with Crippen LogP contribution in [0, 0.1) is 5.92 Å². The van der Waals surface area contributed by atoms with Gasteiger partial charge in [-0.05, 0) is 61.6 Å². The number of carbonyl (C=O) groups excluding carboxylic acids is 1. The molecule has 1 aliphatic heterocycles. The number of amides is 1. The maximum atomic E-state index is 13.6. The van der Waals surface area contributed by atoms with Gasteiger partial charge < -0.3 is 10.1 Å². The van der Waals surface area contributed by atoms with Crippen LogP contribution in [0.5, 0.6) is 0 Å². The zero-order chi connectivity index (χ0) is 20.9. The second-order valence-corrected chi connectivity index (χ2v) is 8.07. The molecule has 0 aliphatic carbocycles. The molecule has 4 rings (SSSR count). The first-order chi connectivity index (χ1) is 14.6. The van der Waals surface area contributed by atoms with Gasteiger partial charge in [-0.15, -0.1) is 0 Å². The normalized spacial score (nSPS) is 14.8. The van der Waals surface area contributed by atoms with Gasteiger partial charge in [-0.1, -0.05) is 30.3 Å². The van der Waals surface area contributed by atoms with Crippen LogP contribution in [0.1, 0.15) is 37.0 Å². The summed E-state index contributed by atoms with van der Waals surface area (Å²) in [6.45, 7) is 6.18. The van der Waals surface area contributed by atoms with Gasteiger partial charge in [0.25, 0.3) is 5.91 Å². The Hall–Kier alpha value is -2.99. The Morgan fingerprint density at radius 3 is 2.67 bits per heavy atom. The fraction of sp³-hybridized carbons (Fsp3) is 0.375. The van der Waals surface area contributed by atoms with Crippen molar-refractivity contribution in [3.05, 3.63) is 60.3 Å². The van der Waals surface area contributed by atoms with Crippen LogP contribution in [-0.4, -0.2) is 41.7 Å². The van der Waals surface area contributed by atoms with E-state index in [0.29, 0.717) is 29.8 Å². The Morgan fingerprint density at radius 2 is 1.90 bits per heavy atom. The number of benzene rings is 2. The van der Waals surface area contributed by atoms with Crippen molar-refractivity contribution in [2.75, 3.05) is 30.0 Å². The average Bonchev–Trinajstić information content (AvgIpc) is 2.77. The molecule has 3 aromatic rings.